The number of imidazole rings is 2. The van der Waals surface area contributed by atoms with Gasteiger partial charge < -0.3 is 39.9 Å². The first-order chi connectivity index (χ1) is 31.1. The Bertz CT molecular complexity index is 2740. The zero-order chi connectivity index (χ0) is 45.7. The van der Waals surface area contributed by atoms with Gasteiger partial charge in [0.2, 0.25) is 11.8 Å². The normalized spacial score (nSPS) is 22.9. The van der Waals surface area contributed by atoms with E-state index < -0.39 is 30.2 Å². The number of hydrogen-bond acceptors (Lipinski definition) is 8. The Kier molecular flexibility index (Phi) is 10.3. The molecule has 4 fully saturated rings. The summed E-state index contributed by atoms with van der Waals surface area (Å²) in [7, 11) is 2.54. The van der Waals surface area contributed by atoms with E-state index in [4.69, 9.17) is 19.4 Å². The second-order valence-electron chi connectivity index (χ2n) is 19.4. The minimum atomic E-state index is -3.29. The number of alkyl halides is 2. The van der Waals surface area contributed by atoms with Gasteiger partial charge >= 0.3 is 12.2 Å². The van der Waals surface area contributed by atoms with Crippen molar-refractivity contribution < 1.29 is 37.4 Å². The summed E-state index contributed by atoms with van der Waals surface area (Å²) in [5.74, 6) is -2.53. The number of nitrogens with one attached hydrogen (secondary N) is 4. The van der Waals surface area contributed by atoms with E-state index in [9.17, 15) is 19.2 Å². The molecule has 5 aliphatic rings. The molecule has 1 spiro atoms. The molecule has 4 heterocycles. The van der Waals surface area contributed by atoms with Gasteiger partial charge in [0.25, 0.3) is 5.92 Å². The zero-order valence-corrected chi connectivity index (χ0v) is 37.3. The number of likely N-dealkylation sites (tertiary alicyclic amines) is 2. The Morgan fingerprint density at radius 1 is 0.785 bits per heavy atom. The molecule has 3 aromatic carbocycles. The Labute approximate surface area is 375 Å². The number of aromatic amines is 2. The number of benzene rings is 3. The van der Waals surface area contributed by atoms with Crippen molar-refractivity contribution in [3.05, 3.63) is 83.6 Å². The standard InChI is InChI=1S/C49H54F2N8O6/c1-24(2)39(56-46(62)64-5)44(60)58-23-48(15-16-48)21-38(58)42-52-22-37(55-42)28-9-13-32-31-12-8-26(18-33(31)49(50,51)34(32)19-28)27-10-14-35-36(20-27)54-43(53-35)41-29-7-11-30(17-29)59(41)45(61)40(25(3)4)57-47(63)65-6/h8-10,12-14,18-20,22,24-25,29-30,38-41H,7,11,15-17,21,23H2,1-6H3,(H,52,55)(H,53,54)(H,56,62)(H,57,63)/t29-,30+,38+,39-,40-,41?/m0/s1. The summed E-state index contributed by atoms with van der Waals surface area (Å²) < 4.78 is 43.0. The van der Waals surface area contributed by atoms with E-state index >= 15 is 8.78 Å². The van der Waals surface area contributed by atoms with Gasteiger partial charge in [-0.2, -0.15) is 8.78 Å². The number of aromatic nitrogens is 4. The van der Waals surface area contributed by atoms with Crippen molar-refractivity contribution in [1.82, 2.24) is 40.4 Å². The molecule has 14 nitrogen and oxygen atoms in total. The molecule has 2 saturated carbocycles. The van der Waals surface area contributed by atoms with Gasteiger partial charge in [0.15, 0.2) is 0 Å². The fourth-order valence-electron chi connectivity index (χ4n) is 11.0. The highest BCUT2D eigenvalue weighted by molar-refractivity contribution is 5.89. The van der Waals surface area contributed by atoms with Crippen LogP contribution in [-0.2, 0) is 25.0 Å². The van der Waals surface area contributed by atoms with Crippen molar-refractivity contribution in [3.8, 4) is 33.5 Å². The molecule has 3 aliphatic carbocycles. The topological polar surface area (TPSA) is 175 Å². The van der Waals surface area contributed by atoms with E-state index in [0.29, 0.717) is 51.7 Å². The largest absolute Gasteiger partial charge is 0.453 e. The molecule has 4 amide bonds. The van der Waals surface area contributed by atoms with Crippen LogP contribution in [0.2, 0.25) is 0 Å². The van der Waals surface area contributed by atoms with Crippen LogP contribution in [0.3, 0.4) is 0 Å². The molecule has 2 saturated heterocycles. The van der Waals surface area contributed by atoms with Crippen LogP contribution < -0.4 is 10.6 Å². The number of rotatable bonds is 10. The number of H-pyrrole nitrogens is 2. The first-order valence-corrected chi connectivity index (χ1v) is 22.6. The average molecular weight is 889 g/mol. The van der Waals surface area contributed by atoms with Crippen LogP contribution in [0.4, 0.5) is 18.4 Å². The molecule has 2 aromatic heterocycles. The molecule has 2 aliphatic heterocycles. The molecule has 16 heteroatoms. The maximum Gasteiger partial charge on any atom is 0.407 e. The van der Waals surface area contributed by atoms with Crippen molar-refractivity contribution in [3.63, 3.8) is 0 Å². The fourth-order valence-corrected chi connectivity index (χ4v) is 11.0. The Morgan fingerprint density at radius 3 is 2.05 bits per heavy atom. The number of nitrogens with zero attached hydrogens (tertiary/aromatic N) is 4. The highest BCUT2D eigenvalue weighted by Gasteiger charge is 2.56. The predicted octanol–water partition coefficient (Wildman–Crippen LogP) is 8.61. The number of hydrogen-bond donors (Lipinski definition) is 4. The molecule has 65 heavy (non-hydrogen) atoms. The third-order valence-electron chi connectivity index (χ3n) is 14.7. The van der Waals surface area contributed by atoms with Gasteiger partial charge in [-0.05, 0) is 108 Å². The van der Waals surface area contributed by atoms with E-state index in [0.717, 1.165) is 49.6 Å². The van der Waals surface area contributed by atoms with Gasteiger partial charge in [-0.15, -0.1) is 0 Å². The summed E-state index contributed by atoms with van der Waals surface area (Å²) in [6.07, 6.45) is 5.75. The van der Waals surface area contributed by atoms with Gasteiger partial charge in [-0.25, -0.2) is 19.6 Å². The van der Waals surface area contributed by atoms with E-state index in [1.807, 2.05) is 62.9 Å². The molecule has 6 atom stereocenters. The molecule has 4 N–H and O–H groups in total. The Morgan fingerprint density at radius 2 is 1.40 bits per heavy atom. The molecule has 340 valence electrons. The second-order valence-corrected chi connectivity index (χ2v) is 19.4. The van der Waals surface area contributed by atoms with Crippen LogP contribution in [0, 0.1) is 23.2 Å². The van der Waals surface area contributed by atoms with E-state index in [2.05, 4.69) is 20.6 Å². The highest BCUT2D eigenvalue weighted by atomic mass is 19.3. The number of fused-ring (bicyclic) bond motifs is 6. The fraction of sp³-hybridized carbons (Fsp3) is 0.469. The van der Waals surface area contributed by atoms with Gasteiger partial charge in [-0.3, -0.25) is 9.59 Å². The monoisotopic (exact) mass is 888 g/mol. The number of carbonyl (C=O) groups excluding carboxylic acids is 4. The molecule has 1 unspecified atom stereocenters. The molecule has 0 radical (unpaired) electrons. The van der Waals surface area contributed by atoms with Crippen LogP contribution in [0.25, 0.3) is 44.5 Å². The SMILES string of the molecule is COC(=O)N[C@H](C(=O)N1CC2(CC2)C[C@@H]1c1ncc(-c2ccc3c(c2)C(F)(F)c2cc(-c4ccc5nc(C6[C@H]7CC[C@H](C7)N6C(=O)[C@@H](NC(=O)OC)C(C)C)[nH]c5c4)ccc2-3)[nH]1)C(C)C. The quantitative estimate of drug-likeness (QED) is 0.108. The minimum absolute atomic E-state index is 0.0102. The van der Waals surface area contributed by atoms with Crippen LogP contribution in [-0.4, -0.2) is 92.6 Å². The van der Waals surface area contributed by atoms with Gasteiger partial charge in [0.1, 0.15) is 23.7 Å². The lowest BCUT2D eigenvalue weighted by molar-refractivity contribution is -0.139. The second kappa shape index (κ2) is 15.7. The highest BCUT2D eigenvalue weighted by Crippen LogP contribution is 2.59. The van der Waals surface area contributed by atoms with E-state index in [1.54, 1.807) is 29.3 Å². The summed E-state index contributed by atoms with van der Waals surface area (Å²) in [6, 6.07) is 13.8. The third-order valence-corrected chi connectivity index (χ3v) is 14.7. The molecular weight excluding hydrogens is 835 g/mol. The number of amides is 4. The smallest absolute Gasteiger partial charge is 0.407 e. The Hall–Kier alpha value is -6.32. The number of halogens is 2. The summed E-state index contributed by atoms with van der Waals surface area (Å²) in [4.78, 5) is 72.6. The zero-order valence-electron chi connectivity index (χ0n) is 37.3. The number of methoxy groups -OCH3 is 2. The summed E-state index contributed by atoms with van der Waals surface area (Å²) in [5, 5.41) is 5.43. The number of alkyl carbamates (subject to hydrolysis) is 2. The lowest BCUT2D eigenvalue weighted by Gasteiger charge is -2.37. The average Bonchev–Trinajstić information content (AvgIpc) is 3.95. The number of ether oxygens (including phenoxy) is 2. The molecular formula is C49H54F2N8O6. The lowest BCUT2D eigenvalue weighted by Crippen LogP contribution is -2.54. The maximum absolute atomic E-state index is 16.7. The molecule has 2 bridgehead atoms. The predicted molar refractivity (Wildman–Crippen MR) is 237 cm³/mol. The van der Waals surface area contributed by atoms with Crippen LogP contribution in [0.1, 0.15) is 101 Å². The first kappa shape index (κ1) is 42.6. The Balaban J connectivity index is 0.896. The van der Waals surface area contributed by atoms with Crippen molar-refractivity contribution in [1.29, 1.82) is 0 Å². The maximum atomic E-state index is 16.7. The van der Waals surface area contributed by atoms with Gasteiger partial charge in [-0.1, -0.05) is 58.0 Å². The van der Waals surface area contributed by atoms with Crippen LogP contribution in [0.5, 0.6) is 0 Å². The van der Waals surface area contributed by atoms with Gasteiger partial charge in [0, 0.05) is 29.3 Å². The van der Waals surface area contributed by atoms with Crippen LogP contribution in [0.15, 0.2) is 60.8 Å². The van der Waals surface area contributed by atoms with E-state index in [1.165, 1.54) is 20.3 Å². The molecule has 10 rings (SSSR count). The van der Waals surface area contributed by atoms with Crippen molar-refractivity contribution in [2.45, 2.75) is 102 Å². The summed E-state index contributed by atoms with van der Waals surface area (Å²) in [5.41, 5.74) is 4.68. The van der Waals surface area contributed by atoms with E-state index in [-0.39, 0.29) is 64.2 Å². The van der Waals surface area contributed by atoms with Crippen molar-refractivity contribution in [2.24, 2.45) is 23.2 Å². The van der Waals surface area contributed by atoms with Crippen LogP contribution >= 0.6 is 0 Å². The summed E-state index contributed by atoms with van der Waals surface area (Å²) >= 11 is 0. The number of piperidine rings is 1. The summed E-state index contributed by atoms with van der Waals surface area (Å²) in [6.45, 7) is 8.09. The number of carbonyl (C=O) groups is 4. The molecule has 5 aromatic rings. The van der Waals surface area contributed by atoms with Crippen molar-refractivity contribution in [2.75, 3.05) is 20.8 Å². The lowest BCUT2D eigenvalue weighted by atomic mass is 9.95. The van der Waals surface area contributed by atoms with Gasteiger partial charge in [0.05, 0.1) is 49.2 Å². The minimum Gasteiger partial charge on any atom is -0.453 e. The first-order valence-electron chi connectivity index (χ1n) is 22.6. The third kappa shape index (κ3) is 7.19. The van der Waals surface area contributed by atoms with Crippen molar-refractivity contribution >= 4 is 35.0 Å².